The summed E-state index contributed by atoms with van der Waals surface area (Å²) in [6, 6.07) is 15.0. The zero-order valence-electron chi connectivity index (χ0n) is 11.0. The Bertz CT molecular complexity index is 615. The van der Waals surface area contributed by atoms with Gasteiger partial charge in [-0.3, -0.25) is 4.79 Å². The molecule has 1 aliphatic rings. The van der Waals surface area contributed by atoms with Crippen LogP contribution in [-0.2, 0) is 6.42 Å². The van der Waals surface area contributed by atoms with Crippen LogP contribution in [0.1, 0.15) is 15.9 Å². The van der Waals surface area contributed by atoms with E-state index in [1.54, 1.807) is 18.2 Å². The lowest BCUT2D eigenvalue weighted by Gasteiger charge is -2.12. The fourth-order valence-corrected chi connectivity index (χ4v) is 2.37. The Labute approximate surface area is 117 Å². The monoisotopic (exact) mass is 268 g/mol. The van der Waals surface area contributed by atoms with E-state index in [0.29, 0.717) is 17.8 Å². The second-order valence-corrected chi connectivity index (χ2v) is 4.85. The van der Waals surface area contributed by atoms with E-state index in [4.69, 9.17) is 10.5 Å². The molecule has 2 aromatic rings. The predicted octanol–water partition coefficient (Wildman–Crippen LogP) is 2.00. The minimum Gasteiger partial charge on any atom is -0.488 e. The fraction of sp³-hybridized carbons (Fsp3) is 0.188. The minimum atomic E-state index is -0.164. The van der Waals surface area contributed by atoms with Crippen LogP contribution in [-0.4, -0.2) is 18.6 Å². The van der Waals surface area contributed by atoms with Crippen LogP contribution >= 0.6 is 0 Å². The molecule has 0 aliphatic carbocycles. The van der Waals surface area contributed by atoms with E-state index in [0.717, 1.165) is 12.2 Å². The highest BCUT2D eigenvalue weighted by molar-refractivity contribution is 5.99. The van der Waals surface area contributed by atoms with Crippen molar-refractivity contribution in [2.24, 2.45) is 0 Å². The molecular weight excluding hydrogens is 252 g/mol. The third-order valence-electron chi connectivity index (χ3n) is 3.41. The van der Waals surface area contributed by atoms with Gasteiger partial charge >= 0.3 is 0 Å². The summed E-state index contributed by atoms with van der Waals surface area (Å²) in [4.78, 5) is 12.0. The van der Waals surface area contributed by atoms with Crippen LogP contribution in [0.25, 0.3) is 0 Å². The van der Waals surface area contributed by atoms with Crippen LogP contribution < -0.4 is 15.8 Å². The van der Waals surface area contributed by atoms with Crippen molar-refractivity contribution in [1.82, 2.24) is 5.32 Å². The molecule has 4 heteroatoms. The number of hydrogen-bond acceptors (Lipinski definition) is 3. The number of fused-ring (bicyclic) bond motifs is 1. The number of nitrogens with one attached hydrogen (secondary N) is 1. The third kappa shape index (κ3) is 2.45. The lowest BCUT2D eigenvalue weighted by molar-refractivity contribution is 0.0934. The van der Waals surface area contributed by atoms with Crippen molar-refractivity contribution in [1.29, 1.82) is 0 Å². The molecule has 0 fully saturated rings. The van der Waals surface area contributed by atoms with Crippen molar-refractivity contribution in [3.05, 3.63) is 59.7 Å². The van der Waals surface area contributed by atoms with E-state index < -0.39 is 0 Å². The van der Waals surface area contributed by atoms with Gasteiger partial charge in [0.25, 0.3) is 5.91 Å². The van der Waals surface area contributed by atoms with Gasteiger partial charge in [0.2, 0.25) is 0 Å². The summed E-state index contributed by atoms with van der Waals surface area (Å²) < 4.78 is 5.78. The molecule has 1 heterocycles. The highest BCUT2D eigenvalue weighted by Gasteiger charge is 2.22. The smallest absolute Gasteiger partial charge is 0.253 e. The summed E-state index contributed by atoms with van der Waals surface area (Å²) in [5.41, 5.74) is 7.96. The van der Waals surface area contributed by atoms with Crippen molar-refractivity contribution >= 4 is 11.6 Å². The second kappa shape index (κ2) is 5.25. The Hall–Kier alpha value is -2.49. The van der Waals surface area contributed by atoms with Gasteiger partial charge in [0.15, 0.2) is 0 Å². The standard InChI is InChI=1S/C16H16N2O2/c17-14-7-3-2-6-13(14)16(19)18-10-12-9-11-5-1-4-8-15(11)20-12/h1-8,12H,9-10,17H2,(H,18,19). The van der Waals surface area contributed by atoms with E-state index in [1.165, 1.54) is 5.56 Å². The van der Waals surface area contributed by atoms with Crippen molar-refractivity contribution in [2.75, 3.05) is 12.3 Å². The number of ether oxygens (including phenoxy) is 1. The lowest BCUT2D eigenvalue weighted by Crippen LogP contribution is -2.34. The molecule has 0 radical (unpaired) electrons. The number of anilines is 1. The first-order chi connectivity index (χ1) is 9.74. The molecule has 2 aromatic carbocycles. The van der Waals surface area contributed by atoms with Gasteiger partial charge in [-0.15, -0.1) is 0 Å². The average Bonchev–Trinajstić information content (AvgIpc) is 2.88. The summed E-state index contributed by atoms with van der Waals surface area (Å²) >= 11 is 0. The van der Waals surface area contributed by atoms with Gasteiger partial charge in [-0.05, 0) is 23.8 Å². The maximum Gasteiger partial charge on any atom is 0.253 e. The van der Waals surface area contributed by atoms with Crippen molar-refractivity contribution in [3.8, 4) is 5.75 Å². The Morgan fingerprint density at radius 3 is 2.75 bits per heavy atom. The first-order valence-electron chi connectivity index (χ1n) is 6.61. The molecule has 0 aromatic heterocycles. The van der Waals surface area contributed by atoms with Crippen molar-refractivity contribution in [2.45, 2.75) is 12.5 Å². The SMILES string of the molecule is Nc1ccccc1C(=O)NCC1Cc2ccccc2O1. The number of rotatable bonds is 3. The summed E-state index contributed by atoms with van der Waals surface area (Å²) in [5, 5.41) is 2.87. The van der Waals surface area contributed by atoms with E-state index in [-0.39, 0.29) is 12.0 Å². The van der Waals surface area contributed by atoms with Gasteiger partial charge in [0.05, 0.1) is 12.1 Å². The van der Waals surface area contributed by atoms with Gasteiger partial charge in [0.1, 0.15) is 11.9 Å². The maximum atomic E-state index is 12.0. The maximum absolute atomic E-state index is 12.0. The Balaban J connectivity index is 1.59. The zero-order valence-corrected chi connectivity index (χ0v) is 11.0. The zero-order chi connectivity index (χ0) is 13.9. The number of para-hydroxylation sites is 2. The van der Waals surface area contributed by atoms with Crippen LogP contribution in [0.3, 0.4) is 0 Å². The Morgan fingerprint density at radius 1 is 1.20 bits per heavy atom. The molecule has 4 nitrogen and oxygen atoms in total. The fourth-order valence-electron chi connectivity index (χ4n) is 2.37. The van der Waals surface area contributed by atoms with Gasteiger partial charge in [-0.25, -0.2) is 0 Å². The highest BCUT2D eigenvalue weighted by Crippen LogP contribution is 2.27. The molecule has 0 saturated heterocycles. The van der Waals surface area contributed by atoms with E-state index >= 15 is 0 Å². The molecule has 0 spiro atoms. The van der Waals surface area contributed by atoms with E-state index in [9.17, 15) is 4.79 Å². The van der Waals surface area contributed by atoms with Crippen molar-refractivity contribution in [3.63, 3.8) is 0 Å². The van der Waals surface area contributed by atoms with Gasteiger partial charge in [-0.1, -0.05) is 30.3 Å². The van der Waals surface area contributed by atoms with Crippen LogP contribution in [0, 0.1) is 0 Å². The molecule has 1 aliphatic heterocycles. The molecular formula is C16H16N2O2. The molecule has 1 atom stereocenters. The summed E-state index contributed by atoms with van der Waals surface area (Å²) in [7, 11) is 0. The largest absolute Gasteiger partial charge is 0.488 e. The van der Waals surface area contributed by atoms with Gasteiger partial charge in [-0.2, -0.15) is 0 Å². The topological polar surface area (TPSA) is 64.4 Å². The van der Waals surface area contributed by atoms with Crippen LogP contribution in [0.5, 0.6) is 5.75 Å². The summed E-state index contributed by atoms with van der Waals surface area (Å²) in [5.74, 6) is 0.744. The van der Waals surface area contributed by atoms with Crippen LogP contribution in [0.15, 0.2) is 48.5 Å². The average molecular weight is 268 g/mol. The summed E-state index contributed by atoms with van der Waals surface area (Å²) in [6.07, 6.45) is 0.807. The third-order valence-corrected chi connectivity index (χ3v) is 3.41. The molecule has 20 heavy (non-hydrogen) atoms. The van der Waals surface area contributed by atoms with Gasteiger partial charge < -0.3 is 15.8 Å². The number of hydrogen-bond donors (Lipinski definition) is 2. The second-order valence-electron chi connectivity index (χ2n) is 4.85. The number of nitrogen functional groups attached to an aromatic ring is 1. The Kier molecular flexibility index (Phi) is 3.29. The lowest BCUT2D eigenvalue weighted by atomic mass is 10.1. The number of carbonyl (C=O) groups is 1. The molecule has 3 rings (SSSR count). The van der Waals surface area contributed by atoms with Gasteiger partial charge in [0, 0.05) is 12.1 Å². The highest BCUT2D eigenvalue weighted by atomic mass is 16.5. The summed E-state index contributed by atoms with van der Waals surface area (Å²) in [6.45, 7) is 0.474. The Morgan fingerprint density at radius 2 is 1.95 bits per heavy atom. The van der Waals surface area contributed by atoms with Crippen LogP contribution in [0.2, 0.25) is 0 Å². The first kappa shape index (κ1) is 12.5. The van der Waals surface area contributed by atoms with Crippen LogP contribution in [0.4, 0.5) is 5.69 Å². The molecule has 102 valence electrons. The number of amides is 1. The molecule has 1 amide bonds. The first-order valence-corrected chi connectivity index (χ1v) is 6.61. The minimum absolute atomic E-state index is 0.0127. The van der Waals surface area contributed by atoms with E-state index in [1.807, 2.05) is 30.3 Å². The number of nitrogens with two attached hydrogens (primary N) is 1. The number of benzene rings is 2. The normalized spacial score (nSPS) is 16.3. The number of carbonyl (C=O) groups excluding carboxylic acids is 1. The molecule has 3 N–H and O–H groups in total. The molecule has 0 bridgehead atoms. The predicted molar refractivity (Wildman–Crippen MR) is 77.7 cm³/mol. The molecule has 1 unspecified atom stereocenters. The molecule has 0 saturated carbocycles. The van der Waals surface area contributed by atoms with E-state index in [2.05, 4.69) is 5.32 Å². The van der Waals surface area contributed by atoms with Crippen molar-refractivity contribution < 1.29 is 9.53 Å². The quantitative estimate of drug-likeness (QED) is 0.837.